The van der Waals surface area contributed by atoms with Crippen LogP contribution in [0, 0.1) is 11.3 Å². The summed E-state index contributed by atoms with van der Waals surface area (Å²) in [5.41, 5.74) is 0.0428. The highest BCUT2D eigenvalue weighted by atomic mass is 16.5. The number of hydrogen-bond acceptors (Lipinski definition) is 6. The van der Waals surface area contributed by atoms with Crippen LogP contribution in [0.15, 0.2) is 30.3 Å². The van der Waals surface area contributed by atoms with Crippen molar-refractivity contribution in [1.29, 1.82) is 0 Å². The van der Waals surface area contributed by atoms with E-state index in [9.17, 15) is 19.5 Å². The van der Waals surface area contributed by atoms with Crippen molar-refractivity contribution >= 4 is 17.8 Å². The van der Waals surface area contributed by atoms with Gasteiger partial charge in [-0.25, -0.2) is 4.79 Å². The van der Waals surface area contributed by atoms with E-state index in [-0.39, 0.29) is 25.5 Å². The maximum Gasteiger partial charge on any atom is 0.328 e. The minimum atomic E-state index is -0.994. The maximum absolute atomic E-state index is 13.1. The van der Waals surface area contributed by atoms with E-state index in [2.05, 4.69) is 5.32 Å². The van der Waals surface area contributed by atoms with Crippen LogP contribution in [0.4, 0.5) is 0 Å². The summed E-state index contributed by atoms with van der Waals surface area (Å²) in [7, 11) is 1.54. The number of carboxylic acids is 1. The number of carboxylic acid groups (broad SMARTS) is 1. The number of benzene rings is 1. The molecule has 0 aromatic heterocycles. The van der Waals surface area contributed by atoms with E-state index < -0.39 is 29.3 Å². The van der Waals surface area contributed by atoms with E-state index in [0.29, 0.717) is 26.1 Å². The van der Waals surface area contributed by atoms with Gasteiger partial charge >= 0.3 is 11.9 Å². The first-order valence-electron chi connectivity index (χ1n) is 10.7. The molecular weight excluding hydrogens is 402 g/mol. The Morgan fingerprint density at radius 2 is 1.81 bits per heavy atom. The van der Waals surface area contributed by atoms with E-state index in [1.807, 2.05) is 30.3 Å². The van der Waals surface area contributed by atoms with E-state index in [1.165, 1.54) is 0 Å². The van der Waals surface area contributed by atoms with Crippen LogP contribution in [-0.2, 0) is 35.2 Å². The fraction of sp³-hybridized carbons (Fsp3) is 0.609. The van der Waals surface area contributed by atoms with Gasteiger partial charge in [0.15, 0.2) is 0 Å². The first kappa shape index (κ1) is 24.8. The lowest BCUT2D eigenvalue weighted by molar-refractivity contribution is -0.151. The fourth-order valence-corrected chi connectivity index (χ4v) is 3.90. The first-order valence-corrected chi connectivity index (χ1v) is 10.7. The number of carbonyl (C=O) groups is 3. The van der Waals surface area contributed by atoms with Gasteiger partial charge in [0, 0.05) is 7.11 Å². The molecule has 0 heterocycles. The van der Waals surface area contributed by atoms with E-state index in [4.69, 9.17) is 14.2 Å². The van der Waals surface area contributed by atoms with Gasteiger partial charge in [0.2, 0.25) is 5.91 Å². The van der Waals surface area contributed by atoms with Crippen molar-refractivity contribution in [2.24, 2.45) is 11.3 Å². The van der Waals surface area contributed by atoms with E-state index in [0.717, 1.165) is 18.4 Å². The normalized spacial score (nSPS) is 17.0. The van der Waals surface area contributed by atoms with Crippen molar-refractivity contribution in [2.45, 2.75) is 51.7 Å². The van der Waals surface area contributed by atoms with Crippen molar-refractivity contribution < 1.29 is 33.7 Å². The highest BCUT2D eigenvalue weighted by Gasteiger charge is 2.45. The number of carbonyl (C=O) groups excluding carboxylic acids is 2. The lowest BCUT2D eigenvalue weighted by atomic mass is 9.76. The Hall–Kier alpha value is -2.45. The van der Waals surface area contributed by atoms with Gasteiger partial charge in [-0.3, -0.25) is 9.59 Å². The number of esters is 1. The Bertz CT molecular complexity index is 716. The molecular formula is C23H33NO7. The number of aliphatic carboxylic acids is 1. The Labute approximate surface area is 183 Å². The summed E-state index contributed by atoms with van der Waals surface area (Å²) in [5, 5.41) is 12.4. The van der Waals surface area contributed by atoms with Crippen molar-refractivity contribution in [3.05, 3.63) is 35.9 Å². The van der Waals surface area contributed by atoms with Crippen molar-refractivity contribution in [3.8, 4) is 0 Å². The molecule has 2 N–H and O–H groups in total. The third kappa shape index (κ3) is 7.63. The molecule has 1 unspecified atom stereocenters. The molecule has 0 bridgehead atoms. The molecule has 1 amide bonds. The van der Waals surface area contributed by atoms with Crippen LogP contribution < -0.4 is 5.32 Å². The zero-order valence-corrected chi connectivity index (χ0v) is 18.3. The zero-order valence-electron chi connectivity index (χ0n) is 18.3. The third-order valence-electron chi connectivity index (χ3n) is 5.70. The first-order chi connectivity index (χ1) is 14.9. The molecule has 31 heavy (non-hydrogen) atoms. The van der Waals surface area contributed by atoms with Gasteiger partial charge in [-0.2, -0.15) is 0 Å². The second kappa shape index (κ2) is 12.4. The van der Waals surface area contributed by atoms with Gasteiger partial charge in [-0.1, -0.05) is 43.2 Å². The van der Waals surface area contributed by atoms with Gasteiger partial charge in [-0.15, -0.1) is 0 Å². The Kier molecular flexibility index (Phi) is 9.94. The van der Waals surface area contributed by atoms with Crippen LogP contribution >= 0.6 is 0 Å². The molecule has 1 aromatic rings. The average molecular weight is 436 g/mol. The monoisotopic (exact) mass is 435 g/mol. The zero-order chi connectivity index (χ0) is 22.7. The van der Waals surface area contributed by atoms with Crippen LogP contribution in [0.5, 0.6) is 0 Å². The van der Waals surface area contributed by atoms with Crippen LogP contribution in [0.1, 0.15) is 44.6 Å². The third-order valence-corrected chi connectivity index (χ3v) is 5.70. The molecule has 1 saturated carbocycles. The predicted molar refractivity (Wildman–Crippen MR) is 113 cm³/mol. The van der Waals surface area contributed by atoms with Crippen molar-refractivity contribution in [2.75, 3.05) is 26.9 Å². The van der Waals surface area contributed by atoms with Crippen LogP contribution in [0.25, 0.3) is 0 Å². The Balaban J connectivity index is 1.94. The topological polar surface area (TPSA) is 111 Å². The van der Waals surface area contributed by atoms with Crippen LogP contribution in [-0.4, -0.2) is 55.9 Å². The smallest absolute Gasteiger partial charge is 0.328 e. The molecule has 1 aromatic carbocycles. The average Bonchev–Trinajstić information content (AvgIpc) is 3.24. The van der Waals surface area contributed by atoms with Crippen molar-refractivity contribution in [3.63, 3.8) is 0 Å². The molecule has 1 aliphatic carbocycles. The van der Waals surface area contributed by atoms with Gasteiger partial charge < -0.3 is 24.6 Å². The fourth-order valence-electron chi connectivity index (χ4n) is 3.90. The molecule has 8 nitrogen and oxygen atoms in total. The summed E-state index contributed by atoms with van der Waals surface area (Å²) in [5.74, 6) is -2.62. The quantitative estimate of drug-likeness (QED) is 0.362. The minimum absolute atomic E-state index is 0.0163. The minimum Gasteiger partial charge on any atom is -0.481 e. The Morgan fingerprint density at radius 3 is 2.42 bits per heavy atom. The number of rotatable bonds is 13. The highest BCUT2D eigenvalue weighted by molar-refractivity contribution is 5.88. The molecule has 0 radical (unpaired) electrons. The number of amides is 1. The molecule has 1 aliphatic rings. The SMILES string of the molecule is COCCOCC(CC1(C(=O)N[C@@H](C)C(=O)OCc2ccccc2)CCCC1)C(=O)O. The standard InChI is InChI=1S/C23H33NO7/c1-17(21(27)31-15-18-8-4-3-5-9-18)24-22(28)23(10-6-7-11-23)14-19(20(25)26)16-30-13-12-29-2/h3-5,8-9,17,19H,6-7,10-16H2,1-2H3,(H,24,28)(H,25,26)/t17-,19?/m0/s1. The summed E-state index contributed by atoms with van der Waals surface area (Å²) < 4.78 is 15.6. The molecule has 8 heteroatoms. The molecule has 0 saturated heterocycles. The van der Waals surface area contributed by atoms with E-state index >= 15 is 0 Å². The largest absolute Gasteiger partial charge is 0.481 e. The maximum atomic E-state index is 13.1. The summed E-state index contributed by atoms with van der Waals surface area (Å²) in [6, 6.07) is 8.47. The van der Waals surface area contributed by atoms with Gasteiger partial charge in [-0.05, 0) is 31.7 Å². The molecule has 1 fully saturated rings. The number of ether oxygens (including phenoxy) is 3. The highest BCUT2D eigenvalue weighted by Crippen LogP contribution is 2.43. The van der Waals surface area contributed by atoms with E-state index in [1.54, 1.807) is 14.0 Å². The summed E-state index contributed by atoms with van der Waals surface area (Å²) in [4.78, 5) is 37.2. The predicted octanol–water partition coefficient (Wildman–Crippen LogP) is 2.55. The van der Waals surface area contributed by atoms with Crippen molar-refractivity contribution in [1.82, 2.24) is 5.32 Å². The summed E-state index contributed by atoms with van der Waals surface area (Å²) in [6.45, 7) is 2.40. The van der Waals surface area contributed by atoms with Gasteiger partial charge in [0.25, 0.3) is 0 Å². The molecule has 2 rings (SSSR count). The molecule has 0 spiro atoms. The number of hydrogen-bond donors (Lipinski definition) is 2. The lowest BCUT2D eigenvalue weighted by Gasteiger charge is -2.31. The summed E-state index contributed by atoms with van der Waals surface area (Å²) >= 11 is 0. The summed E-state index contributed by atoms with van der Waals surface area (Å²) in [6.07, 6.45) is 3.04. The van der Waals surface area contributed by atoms with Crippen LogP contribution in [0.3, 0.4) is 0 Å². The molecule has 0 aliphatic heterocycles. The lowest BCUT2D eigenvalue weighted by Crippen LogP contribution is -2.48. The second-order valence-electron chi connectivity index (χ2n) is 8.08. The molecule has 172 valence electrons. The number of nitrogens with one attached hydrogen (secondary N) is 1. The molecule has 2 atom stereocenters. The Morgan fingerprint density at radius 1 is 1.13 bits per heavy atom. The second-order valence-corrected chi connectivity index (χ2v) is 8.08. The van der Waals surface area contributed by atoms with Crippen LogP contribution in [0.2, 0.25) is 0 Å². The van der Waals surface area contributed by atoms with Gasteiger partial charge in [0.05, 0.1) is 31.2 Å². The number of methoxy groups -OCH3 is 1. The van der Waals surface area contributed by atoms with Gasteiger partial charge in [0.1, 0.15) is 12.6 Å².